The predicted octanol–water partition coefficient (Wildman–Crippen LogP) is 5.81. The molecule has 0 aliphatic rings. The minimum absolute atomic E-state index is 0.0667. The van der Waals surface area contributed by atoms with Crippen LogP contribution in [0, 0.1) is 12.8 Å². The van der Waals surface area contributed by atoms with Crippen molar-refractivity contribution < 1.29 is 9.32 Å². The molecule has 0 unspecified atom stereocenters. The summed E-state index contributed by atoms with van der Waals surface area (Å²) < 4.78 is 4.78. The van der Waals surface area contributed by atoms with Gasteiger partial charge in [0.2, 0.25) is 5.95 Å². The number of hydrogen-bond donors (Lipinski definition) is 1. The molecule has 5 rings (SSSR count). The number of carbonyl (C=O) groups is 1. The molecule has 3 aromatic carbocycles. The molecule has 0 aliphatic heterocycles. The van der Waals surface area contributed by atoms with Crippen molar-refractivity contribution in [2.75, 3.05) is 11.4 Å². The van der Waals surface area contributed by atoms with Gasteiger partial charge in [-0.25, -0.2) is 14.8 Å². The van der Waals surface area contributed by atoms with Crippen molar-refractivity contribution in [3.8, 4) is 22.6 Å². The smallest absolute Gasteiger partial charge is 0.336 e. The average Bonchev–Trinajstić information content (AvgIpc) is 3.40. The van der Waals surface area contributed by atoms with E-state index < -0.39 is 5.76 Å². The summed E-state index contributed by atoms with van der Waals surface area (Å²) in [6, 6.07) is 27.6. The molecule has 0 spiro atoms. The first-order valence-corrected chi connectivity index (χ1v) is 13.7. The van der Waals surface area contributed by atoms with E-state index in [1.807, 2.05) is 79.7 Å². The molecule has 0 amide bonds. The van der Waals surface area contributed by atoms with Crippen LogP contribution in [0.1, 0.15) is 36.2 Å². The fourth-order valence-corrected chi connectivity index (χ4v) is 4.77. The molecule has 0 radical (unpaired) electrons. The molecule has 41 heavy (non-hydrogen) atoms. The van der Waals surface area contributed by atoms with E-state index in [1.54, 1.807) is 0 Å². The second-order valence-electron chi connectivity index (χ2n) is 10.7. The van der Waals surface area contributed by atoms with Crippen molar-refractivity contribution in [2.45, 2.75) is 40.2 Å². The Balaban J connectivity index is 1.56. The van der Waals surface area contributed by atoms with E-state index in [0.29, 0.717) is 47.6 Å². The highest BCUT2D eigenvalue weighted by molar-refractivity contribution is 5.84. The summed E-state index contributed by atoms with van der Waals surface area (Å²) in [7, 11) is 0. The topological polar surface area (TPSA) is 105 Å². The number of H-pyrrole nitrogens is 1. The normalized spacial score (nSPS) is 11.1. The van der Waals surface area contributed by atoms with Crippen molar-refractivity contribution in [2.24, 2.45) is 5.92 Å². The molecule has 2 heterocycles. The molecule has 0 atom stereocenters. The summed E-state index contributed by atoms with van der Waals surface area (Å²) in [5.74, 6) is 0.640. The number of anilines is 1. The number of hydrogen-bond acceptors (Lipinski definition) is 7. The maximum absolute atomic E-state index is 13.2. The summed E-state index contributed by atoms with van der Waals surface area (Å²) in [4.78, 5) is 39.6. The van der Waals surface area contributed by atoms with Crippen molar-refractivity contribution in [1.29, 1.82) is 0 Å². The van der Waals surface area contributed by atoms with Crippen molar-refractivity contribution in [3.05, 3.63) is 118 Å². The largest absolute Gasteiger partial charge is 0.439 e. The molecular weight excluding hydrogens is 514 g/mol. The van der Waals surface area contributed by atoms with Crippen LogP contribution in [0.4, 0.5) is 5.95 Å². The standard InChI is InChI=1S/C33H33N5O3/c1-22(2)20-38(21-25-9-5-4-6-10-25)32-34-26(18-27(39)17-24-15-13-23(3)14-16-24)19-30(35-32)28-11-7-8-12-29(28)31-36-33(40)41-37-31/h4-16,19,22H,17-18,20-21H2,1-3H3,(H,36,37,40). The summed E-state index contributed by atoms with van der Waals surface area (Å²) in [6.07, 6.45) is 0.492. The SMILES string of the molecule is Cc1ccc(CC(=O)Cc2cc(-c3ccccc3-c3noc(=O)[nH]3)nc(N(Cc3ccccc3)CC(C)C)n2)cc1. The van der Waals surface area contributed by atoms with Gasteiger partial charge in [-0.3, -0.25) is 14.3 Å². The Morgan fingerprint density at radius 3 is 2.27 bits per heavy atom. The van der Waals surface area contributed by atoms with Crippen LogP contribution in [0.3, 0.4) is 0 Å². The Labute approximate surface area is 239 Å². The lowest BCUT2D eigenvalue weighted by Crippen LogP contribution is -2.29. The monoisotopic (exact) mass is 547 g/mol. The fraction of sp³-hybridized carbons (Fsp3) is 0.242. The van der Waals surface area contributed by atoms with Crippen LogP contribution in [-0.2, 0) is 24.2 Å². The van der Waals surface area contributed by atoms with Crippen LogP contribution < -0.4 is 10.7 Å². The van der Waals surface area contributed by atoms with E-state index in [-0.39, 0.29) is 12.2 Å². The van der Waals surface area contributed by atoms with Gasteiger partial charge >= 0.3 is 5.76 Å². The molecule has 0 bridgehead atoms. The quantitative estimate of drug-likeness (QED) is 0.222. The van der Waals surface area contributed by atoms with Crippen LogP contribution in [0.25, 0.3) is 22.6 Å². The predicted molar refractivity (Wildman–Crippen MR) is 160 cm³/mol. The van der Waals surface area contributed by atoms with Gasteiger partial charge in [-0.1, -0.05) is 103 Å². The van der Waals surface area contributed by atoms with E-state index in [4.69, 9.17) is 14.5 Å². The zero-order chi connectivity index (χ0) is 28.8. The van der Waals surface area contributed by atoms with E-state index in [2.05, 4.69) is 41.0 Å². The Kier molecular flexibility index (Phi) is 8.48. The van der Waals surface area contributed by atoms with Crippen LogP contribution in [0.15, 0.2) is 94.2 Å². The Bertz CT molecular complexity index is 1670. The number of aryl methyl sites for hydroxylation is 1. The highest BCUT2D eigenvalue weighted by Gasteiger charge is 2.19. The summed E-state index contributed by atoms with van der Waals surface area (Å²) >= 11 is 0. The van der Waals surface area contributed by atoms with E-state index in [9.17, 15) is 9.59 Å². The van der Waals surface area contributed by atoms with Gasteiger partial charge in [0.1, 0.15) is 5.78 Å². The first-order chi connectivity index (χ1) is 19.8. The van der Waals surface area contributed by atoms with Crippen LogP contribution in [0.5, 0.6) is 0 Å². The van der Waals surface area contributed by atoms with Gasteiger partial charge in [0.05, 0.1) is 11.4 Å². The highest BCUT2D eigenvalue weighted by Crippen LogP contribution is 2.30. The van der Waals surface area contributed by atoms with E-state index >= 15 is 0 Å². The zero-order valence-electron chi connectivity index (χ0n) is 23.5. The number of nitrogens with one attached hydrogen (secondary N) is 1. The third-order valence-corrected chi connectivity index (χ3v) is 6.65. The Morgan fingerprint density at radius 1 is 0.878 bits per heavy atom. The van der Waals surface area contributed by atoms with Gasteiger partial charge in [-0.2, -0.15) is 0 Å². The van der Waals surface area contributed by atoms with Gasteiger partial charge < -0.3 is 4.90 Å². The first kappa shape index (κ1) is 27.7. The summed E-state index contributed by atoms with van der Waals surface area (Å²) in [6.45, 7) is 7.69. The van der Waals surface area contributed by atoms with Gasteiger partial charge in [-0.15, -0.1) is 0 Å². The third kappa shape index (κ3) is 7.22. The lowest BCUT2D eigenvalue weighted by Gasteiger charge is -2.26. The van der Waals surface area contributed by atoms with Crippen LogP contribution in [0.2, 0.25) is 0 Å². The Morgan fingerprint density at radius 2 is 1.59 bits per heavy atom. The van der Waals surface area contributed by atoms with Gasteiger partial charge in [0.25, 0.3) is 0 Å². The number of aromatic nitrogens is 4. The summed E-state index contributed by atoms with van der Waals surface area (Å²) in [5.41, 5.74) is 5.94. The maximum Gasteiger partial charge on any atom is 0.439 e. The number of rotatable bonds is 11. The molecule has 8 heteroatoms. The molecule has 0 saturated heterocycles. The Hall–Kier alpha value is -4.85. The molecule has 208 valence electrons. The minimum atomic E-state index is -0.633. The average molecular weight is 548 g/mol. The van der Waals surface area contributed by atoms with E-state index in [0.717, 1.165) is 28.8 Å². The molecular formula is C33H33N5O3. The number of Topliss-reactive ketones (excluding diaryl/α,β-unsaturated/α-hetero) is 1. The number of carbonyl (C=O) groups excluding carboxylic acids is 1. The molecule has 1 N–H and O–H groups in total. The van der Waals surface area contributed by atoms with Gasteiger partial charge in [0, 0.05) is 37.1 Å². The maximum atomic E-state index is 13.2. The first-order valence-electron chi connectivity index (χ1n) is 13.7. The van der Waals surface area contributed by atoms with Crippen molar-refractivity contribution in [3.63, 3.8) is 0 Å². The molecule has 5 aromatic rings. The van der Waals surface area contributed by atoms with Gasteiger partial charge in [-0.05, 0) is 30.0 Å². The van der Waals surface area contributed by atoms with Crippen molar-refractivity contribution in [1.82, 2.24) is 20.1 Å². The minimum Gasteiger partial charge on any atom is -0.336 e. The van der Waals surface area contributed by atoms with E-state index in [1.165, 1.54) is 0 Å². The molecule has 0 fully saturated rings. The highest BCUT2D eigenvalue weighted by atomic mass is 16.5. The summed E-state index contributed by atoms with van der Waals surface area (Å²) in [5, 5.41) is 3.90. The fourth-order valence-electron chi connectivity index (χ4n) is 4.77. The third-order valence-electron chi connectivity index (χ3n) is 6.65. The number of aromatic amines is 1. The zero-order valence-corrected chi connectivity index (χ0v) is 23.5. The second-order valence-corrected chi connectivity index (χ2v) is 10.7. The lowest BCUT2D eigenvalue weighted by atomic mass is 10.0. The van der Waals surface area contributed by atoms with Gasteiger partial charge in [0.15, 0.2) is 5.82 Å². The number of benzene rings is 3. The van der Waals surface area contributed by atoms with Crippen LogP contribution >= 0.6 is 0 Å². The molecule has 8 nitrogen and oxygen atoms in total. The number of nitrogens with zero attached hydrogens (tertiary/aromatic N) is 4. The molecule has 0 aliphatic carbocycles. The lowest BCUT2D eigenvalue weighted by molar-refractivity contribution is -0.117. The van der Waals surface area contributed by atoms with Crippen LogP contribution in [-0.4, -0.2) is 32.4 Å². The number of ketones is 1. The second kappa shape index (κ2) is 12.6. The van der Waals surface area contributed by atoms with Crippen molar-refractivity contribution >= 4 is 11.7 Å². The molecule has 2 aromatic heterocycles. The molecule has 0 saturated carbocycles.